The number of Topliss-reactive ketones (excluding diaryl/α,β-unsaturated/α-hetero) is 1. The van der Waals surface area contributed by atoms with Crippen molar-refractivity contribution < 1.29 is 18.7 Å². The van der Waals surface area contributed by atoms with Crippen LogP contribution in [0.1, 0.15) is 42.3 Å². The number of ketones is 1. The van der Waals surface area contributed by atoms with Gasteiger partial charge in [0.15, 0.2) is 5.78 Å². The summed E-state index contributed by atoms with van der Waals surface area (Å²) in [6, 6.07) is 8.27. The summed E-state index contributed by atoms with van der Waals surface area (Å²) in [7, 11) is 0. The number of amides is 1. The van der Waals surface area contributed by atoms with Crippen LogP contribution in [0, 0.1) is 18.7 Å². The topological polar surface area (TPSA) is 55.4 Å². The van der Waals surface area contributed by atoms with Crippen LogP contribution in [0.5, 0.6) is 5.75 Å². The molecule has 1 amide bonds. The summed E-state index contributed by atoms with van der Waals surface area (Å²) < 4.78 is 20.6. The Morgan fingerprint density at radius 2 is 1.96 bits per heavy atom. The highest BCUT2D eigenvalue weighted by molar-refractivity contribution is 5.95. The van der Waals surface area contributed by atoms with Gasteiger partial charge in [0.1, 0.15) is 17.7 Å². The van der Waals surface area contributed by atoms with Gasteiger partial charge in [-0.2, -0.15) is 0 Å². The molecule has 142 valence electrons. The lowest BCUT2D eigenvalue weighted by Crippen LogP contribution is -2.36. The average molecular weight is 369 g/mol. The Balaban J connectivity index is 1.93. The molecular weight excluding hydrogens is 345 g/mol. The van der Waals surface area contributed by atoms with Gasteiger partial charge in [0.2, 0.25) is 5.91 Å². The number of carbonyl (C=O) groups excluding carboxylic acids is 2. The first kappa shape index (κ1) is 19.1. The Hall–Kier alpha value is -2.69. The second-order valence-electron chi connectivity index (χ2n) is 7.40. The second-order valence-corrected chi connectivity index (χ2v) is 7.40. The number of benzene rings is 2. The van der Waals surface area contributed by atoms with Crippen molar-refractivity contribution in [1.82, 2.24) is 5.32 Å². The van der Waals surface area contributed by atoms with E-state index in [2.05, 4.69) is 5.32 Å². The van der Waals surface area contributed by atoms with Gasteiger partial charge in [0.25, 0.3) is 0 Å². The van der Waals surface area contributed by atoms with Crippen molar-refractivity contribution in [3.63, 3.8) is 0 Å². The first-order chi connectivity index (χ1) is 12.8. The molecule has 1 aliphatic rings. The number of hydrogen-bond donors (Lipinski definition) is 1. The van der Waals surface area contributed by atoms with E-state index in [0.717, 1.165) is 11.1 Å². The van der Waals surface area contributed by atoms with Crippen molar-refractivity contribution in [2.75, 3.05) is 6.54 Å². The summed E-state index contributed by atoms with van der Waals surface area (Å²) in [5, 5.41) is 2.89. The number of hydrogen-bond acceptors (Lipinski definition) is 3. The zero-order valence-electron chi connectivity index (χ0n) is 16.1. The molecule has 2 aromatic carbocycles. The Bertz CT molecular complexity index is 905. The quantitative estimate of drug-likeness (QED) is 0.808. The van der Waals surface area contributed by atoms with Crippen molar-refractivity contribution in [2.24, 2.45) is 5.92 Å². The van der Waals surface area contributed by atoms with E-state index in [1.165, 1.54) is 19.1 Å². The zero-order valence-corrected chi connectivity index (χ0v) is 16.1. The van der Waals surface area contributed by atoms with Crippen LogP contribution >= 0.6 is 0 Å². The lowest BCUT2D eigenvalue weighted by molar-refractivity contribution is -0.124. The molecule has 4 nitrogen and oxygen atoms in total. The molecule has 0 aliphatic carbocycles. The maximum absolute atomic E-state index is 14.5. The standard InChI is InChI=1S/C22H24FNO3/c1-12(2)22(26)24-11-17-9-16-7-13(3)8-19(21(16)27-17)18-10-15(14(4)25)5-6-20(18)23/h5-8,10,12,17H,9,11H2,1-4H3,(H,24,26)/t17-/m1/s1. The lowest BCUT2D eigenvalue weighted by Gasteiger charge is -2.15. The molecule has 1 atom stereocenters. The molecule has 2 aromatic rings. The Labute approximate surface area is 158 Å². The largest absolute Gasteiger partial charge is 0.487 e. The first-order valence-electron chi connectivity index (χ1n) is 9.15. The van der Waals surface area contributed by atoms with E-state index < -0.39 is 5.82 Å². The molecular formula is C22H24FNO3. The number of aryl methyl sites for hydroxylation is 1. The summed E-state index contributed by atoms with van der Waals surface area (Å²) in [5.41, 5.74) is 3.44. The third kappa shape index (κ3) is 4.02. The Morgan fingerprint density at radius 1 is 1.22 bits per heavy atom. The van der Waals surface area contributed by atoms with Crippen molar-refractivity contribution in [3.8, 4) is 16.9 Å². The maximum Gasteiger partial charge on any atom is 0.222 e. The number of rotatable bonds is 5. The van der Waals surface area contributed by atoms with Crippen LogP contribution in [0.3, 0.4) is 0 Å². The van der Waals surface area contributed by atoms with E-state index in [9.17, 15) is 14.0 Å². The molecule has 0 saturated carbocycles. The summed E-state index contributed by atoms with van der Waals surface area (Å²) >= 11 is 0. The predicted molar refractivity (Wildman–Crippen MR) is 103 cm³/mol. The molecule has 0 bridgehead atoms. The highest BCUT2D eigenvalue weighted by atomic mass is 19.1. The summed E-state index contributed by atoms with van der Waals surface area (Å²) in [5.74, 6) is 0.00821. The van der Waals surface area contributed by atoms with Crippen molar-refractivity contribution in [1.29, 1.82) is 0 Å². The summed E-state index contributed by atoms with van der Waals surface area (Å²) in [6.45, 7) is 7.49. The smallest absolute Gasteiger partial charge is 0.222 e. The van der Waals surface area contributed by atoms with E-state index in [1.54, 1.807) is 6.07 Å². The van der Waals surface area contributed by atoms with Crippen LogP contribution in [-0.2, 0) is 11.2 Å². The number of carbonyl (C=O) groups is 2. The van der Waals surface area contributed by atoms with Crippen LogP contribution in [-0.4, -0.2) is 24.3 Å². The molecule has 0 radical (unpaired) electrons. The molecule has 27 heavy (non-hydrogen) atoms. The fourth-order valence-electron chi connectivity index (χ4n) is 3.28. The van der Waals surface area contributed by atoms with E-state index in [0.29, 0.717) is 35.4 Å². The monoisotopic (exact) mass is 369 g/mol. The van der Waals surface area contributed by atoms with E-state index in [1.807, 2.05) is 32.9 Å². The van der Waals surface area contributed by atoms with Crippen molar-refractivity contribution >= 4 is 11.7 Å². The molecule has 1 aliphatic heterocycles. The number of fused-ring (bicyclic) bond motifs is 1. The minimum absolute atomic E-state index is 0.0221. The third-order valence-corrected chi connectivity index (χ3v) is 4.73. The van der Waals surface area contributed by atoms with Gasteiger partial charge >= 0.3 is 0 Å². The molecule has 0 fully saturated rings. The number of ether oxygens (including phenoxy) is 1. The molecule has 0 unspecified atom stereocenters. The van der Waals surface area contributed by atoms with Gasteiger partial charge in [0, 0.05) is 29.0 Å². The first-order valence-corrected chi connectivity index (χ1v) is 9.15. The van der Waals surface area contributed by atoms with E-state index in [-0.39, 0.29) is 23.7 Å². The van der Waals surface area contributed by atoms with Gasteiger partial charge < -0.3 is 10.1 Å². The minimum atomic E-state index is -0.395. The number of halogens is 1. The predicted octanol–water partition coefficient (Wildman–Crippen LogP) is 4.08. The molecule has 0 spiro atoms. The van der Waals surface area contributed by atoms with Crippen LogP contribution in [0.2, 0.25) is 0 Å². The van der Waals surface area contributed by atoms with Crippen LogP contribution in [0.15, 0.2) is 30.3 Å². The van der Waals surface area contributed by atoms with Gasteiger partial charge in [0.05, 0.1) is 6.54 Å². The molecule has 3 rings (SSSR count). The average Bonchev–Trinajstić information content (AvgIpc) is 3.01. The molecule has 5 heteroatoms. The highest BCUT2D eigenvalue weighted by Gasteiger charge is 2.28. The molecule has 0 aromatic heterocycles. The van der Waals surface area contributed by atoms with Crippen molar-refractivity contribution in [3.05, 3.63) is 52.8 Å². The Morgan fingerprint density at radius 3 is 2.63 bits per heavy atom. The van der Waals surface area contributed by atoms with Gasteiger partial charge in [-0.15, -0.1) is 0 Å². The molecule has 0 saturated heterocycles. The van der Waals surface area contributed by atoms with Crippen LogP contribution in [0.25, 0.3) is 11.1 Å². The van der Waals surface area contributed by atoms with Crippen LogP contribution < -0.4 is 10.1 Å². The SMILES string of the molecule is CC(=O)c1ccc(F)c(-c2cc(C)cc3c2O[C@@H](CNC(=O)C(C)C)C3)c1. The van der Waals surface area contributed by atoms with Gasteiger partial charge in [-0.3, -0.25) is 9.59 Å². The van der Waals surface area contributed by atoms with Gasteiger partial charge in [-0.1, -0.05) is 19.9 Å². The Kier molecular flexibility index (Phi) is 5.31. The van der Waals surface area contributed by atoms with E-state index >= 15 is 0 Å². The lowest BCUT2D eigenvalue weighted by atomic mass is 9.95. The normalized spacial score (nSPS) is 15.4. The summed E-state index contributed by atoms with van der Waals surface area (Å²) in [6.07, 6.45) is 0.457. The maximum atomic E-state index is 14.5. The third-order valence-electron chi connectivity index (χ3n) is 4.73. The fourth-order valence-corrected chi connectivity index (χ4v) is 3.28. The zero-order chi connectivity index (χ0) is 19.7. The number of nitrogens with one attached hydrogen (secondary N) is 1. The molecule has 1 N–H and O–H groups in total. The second kappa shape index (κ2) is 7.51. The summed E-state index contributed by atoms with van der Waals surface area (Å²) in [4.78, 5) is 23.5. The van der Waals surface area contributed by atoms with Gasteiger partial charge in [-0.05, 0) is 49.2 Å². The minimum Gasteiger partial charge on any atom is -0.487 e. The van der Waals surface area contributed by atoms with Crippen molar-refractivity contribution in [2.45, 2.75) is 40.2 Å². The van der Waals surface area contributed by atoms with E-state index in [4.69, 9.17) is 4.74 Å². The fraction of sp³-hybridized carbons (Fsp3) is 0.364. The molecule has 1 heterocycles. The van der Waals surface area contributed by atoms with Gasteiger partial charge in [-0.25, -0.2) is 4.39 Å². The van der Waals surface area contributed by atoms with Crippen LogP contribution in [0.4, 0.5) is 4.39 Å². The highest BCUT2D eigenvalue weighted by Crippen LogP contribution is 2.41.